The molecule has 0 unspecified atom stereocenters. The first-order chi connectivity index (χ1) is 9.08. The van der Waals surface area contributed by atoms with E-state index in [1.54, 1.807) is 12.1 Å². The van der Waals surface area contributed by atoms with E-state index in [4.69, 9.17) is 11.6 Å². The van der Waals surface area contributed by atoms with Crippen LogP contribution in [0.1, 0.15) is 38.2 Å². The fourth-order valence-electron chi connectivity index (χ4n) is 2.77. The van der Waals surface area contributed by atoms with Crippen molar-refractivity contribution in [1.29, 1.82) is 0 Å². The molecule has 1 aromatic carbocycles. The van der Waals surface area contributed by atoms with Crippen LogP contribution in [0.5, 0.6) is 0 Å². The van der Waals surface area contributed by atoms with E-state index in [9.17, 15) is 10.1 Å². The molecule has 0 aliphatic heterocycles. The fraction of sp³-hybridized carbons (Fsp3) is 0.571. The maximum atomic E-state index is 11.0. The summed E-state index contributed by atoms with van der Waals surface area (Å²) in [5, 5.41) is 14.9. The minimum atomic E-state index is -0.354. The van der Waals surface area contributed by atoms with Gasteiger partial charge in [0.15, 0.2) is 0 Å². The summed E-state index contributed by atoms with van der Waals surface area (Å²) in [7, 11) is 0. The lowest BCUT2D eigenvalue weighted by Gasteiger charge is -2.20. The van der Waals surface area contributed by atoms with Gasteiger partial charge in [0, 0.05) is 29.2 Å². The number of benzene rings is 1. The Morgan fingerprint density at radius 1 is 1.47 bits per heavy atom. The summed E-state index contributed by atoms with van der Waals surface area (Å²) in [4.78, 5) is 10.6. The van der Waals surface area contributed by atoms with Gasteiger partial charge in [0.1, 0.15) is 0 Å². The van der Waals surface area contributed by atoms with Gasteiger partial charge in [-0.15, -0.1) is 0 Å². The van der Waals surface area contributed by atoms with Gasteiger partial charge in [-0.2, -0.15) is 0 Å². The monoisotopic (exact) mass is 282 g/mol. The van der Waals surface area contributed by atoms with Crippen molar-refractivity contribution < 1.29 is 4.92 Å². The molecule has 1 fully saturated rings. The normalized spacial score (nSPS) is 17.6. The van der Waals surface area contributed by atoms with Crippen molar-refractivity contribution in [3.8, 4) is 0 Å². The molecule has 0 radical (unpaired) electrons. The van der Waals surface area contributed by atoms with Crippen molar-refractivity contribution in [2.24, 2.45) is 5.92 Å². The van der Waals surface area contributed by atoms with Gasteiger partial charge in [0.25, 0.3) is 5.69 Å². The van der Waals surface area contributed by atoms with Gasteiger partial charge in [-0.05, 0) is 37.8 Å². The summed E-state index contributed by atoms with van der Waals surface area (Å²) in [5.74, 6) is 0.693. The molecule has 0 bridgehead atoms. The smallest absolute Gasteiger partial charge is 0.273 e. The van der Waals surface area contributed by atoms with Crippen molar-refractivity contribution in [2.75, 3.05) is 0 Å². The van der Waals surface area contributed by atoms with Gasteiger partial charge in [-0.1, -0.05) is 24.4 Å². The van der Waals surface area contributed by atoms with E-state index in [-0.39, 0.29) is 10.6 Å². The van der Waals surface area contributed by atoms with E-state index >= 15 is 0 Å². The first kappa shape index (κ1) is 14.3. The van der Waals surface area contributed by atoms with Gasteiger partial charge in [0.2, 0.25) is 0 Å². The molecule has 1 atom stereocenters. The maximum Gasteiger partial charge on any atom is 0.273 e. The van der Waals surface area contributed by atoms with Crippen LogP contribution < -0.4 is 5.32 Å². The number of rotatable bonds is 5. The molecular weight excluding hydrogens is 264 g/mol. The Labute approximate surface area is 118 Å². The quantitative estimate of drug-likeness (QED) is 0.658. The number of nitrogens with zero attached hydrogens (tertiary/aromatic N) is 1. The SMILES string of the molecule is C[C@@H](NCc1cc(Cl)ccc1[N+](=O)[O-])C1CCCC1. The molecule has 0 heterocycles. The predicted octanol–water partition coefficient (Wildman–Crippen LogP) is 3.92. The summed E-state index contributed by atoms with van der Waals surface area (Å²) in [6, 6.07) is 5.10. The second-order valence-electron chi connectivity index (χ2n) is 5.24. The molecule has 104 valence electrons. The molecule has 19 heavy (non-hydrogen) atoms. The Hall–Kier alpha value is -1.13. The zero-order chi connectivity index (χ0) is 13.8. The zero-order valence-corrected chi connectivity index (χ0v) is 11.8. The molecule has 1 saturated carbocycles. The Bertz CT molecular complexity index is 459. The summed E-state index contributed by atoms with van der Waals surface area (Å²) < 4.78 is 0. The molecule has 5 heteroatoms. The largest absolute Gasteiger partial charge is 0.310 e. The van der Waals surface area contributed by atoms with Crippen LogP contribution in [0.25, 0.3) is 0 Å². The highest BCUT2D eigenvalue weighted by Gasteiger charge is 2.22. The third-order valence-electron chi connectivity index (χ3n) is 3.96. The molecule has 1 aliphatic carbocycles. The highest BCUT2D eigenvalue weighted by molar-refractivity contribution is 6.30. The van der Waals surface area contributed by atoms with Crippen LogP contribution >= 0.6 is 11.6 Å². The summed E-state index contributed by atoms with van der Waals surface area (Å²) in [6.07, 6.45) is 5.11. The fourth-order valence-corrected chi connectivity index (χ4v) is 2.96. The van der Waals surface area contributed by atoms with E-state index in [1.165, 1.54) is 31.7 Å². The lowest BCUT2D eigenvalue weighted by atomic mass is 9.99. The zero-order valence-electron chi connectivity index (χ0n) is 11.1. The number of nitro benzene ring substituents is 1. The third kappa shape index (κ3) is 3.67. The molecule has 1 N–H and O–H groups in total. The van der Waals surface area contributed by atoms with E-state index in [0.29, 0.717) is 29.1 Å². The summed E-state index contributed by atoms with van der Waals surface area (Å²) in [6.45, 7) is 2.65. The molecule has 0 aromatic heterocycles. The lowest BCUT2D eigenvalue weighted by Crippen LogP contribution is -2.31. The van der Waals surface area contributed by atoms with E-state index in [1.807, 2.05) is 0 Å². The molecule has 0 spiro atoms. The standard InChI is InChI=1S/C14H19ClN2O2/c1-10(11-4-2-3-5-11)16-9-12-8-13(15)6-7-14(12)17(18)19/h6-8,10-11,16H,2-5,9H2,1H3/t10-/m1/s1. The van der Waals surface area contributed by atoms with Crippen LogP contribution in [0.4, 0.5) is 5.69 Å². The summed E-state index contributed by atoms with van der Waals surface area (Å²) in [5.41, 5.74) is 0.790. The van der Waals surface area contributed by atoms with Gasteiger partial charge in [0.05, 0.1) is 4.92 Å². The maximum absolute atomic E-state index is 11.0. The van der Waals surface area contributed by atoms with Crippen LogP contribution in [0.2, 0.25) is 5.02 Å². The van der Waals surface area contributed by atoms with Crippen molar-refractivity contribution in [1.82, 2.24) is 5.32 Å². The average molecular weight is 283 g/mol. The second-order valence-corrected chi connectivity index (χ2v) is 5.68. The molecular formula is C14H19ClN2O2. The Morgan fingerprint density at radius 2 is 2.16 bits per heavy atom. The Balaban J connectivity index is 2.01. The summed E-state index contributed by atoms with van der Waals surface area (Å²) >= 11 is 5.91. The predicted molar refractivity (Wildman–Crippen MR) is 76.4 cm³/mol. The van der Waals surface area contributed by atoms with Crippen LogP contribution in [0.3, 0.4) is 0 Å². The van der Waals surface area contributed by atoms with Crippen molar-refractivity contribution in [3.63, 3.8) is 0 Å². The van der Waals surface area contributed by atoms with Crippen LogP contribution in [0.15, 0.2) is 18.2 Å². The minimum Gasteiger partial charge on any atom is -0.310 e. The van der Waals surface area contributed by atoms with Crippen LogP contribution in [-0.4, -0.2) is 11.0 Å². The second kappa shape index (κ2) is 6.35. The van der Waals surface area contributed by atoms with Crippen LogP contribution in [-0.2, 0) is 6.54 Å². The first-order valence-corrected chi connectivity index (χ1v) is 7.12. The average Bonchev–Trinajstić information content (AvgIpc) is 2.89. The highest BCUT2D eigenvalue weighted by atomic mass is 35.5. The topological polar surface area (TPSA) is 55.2 Å². The van der Waals surface area contributed by atoms with Gasteiger partial charge in [-0.3, -0.25) is 10.1 Å². The molecule has 2 rings (SSSR count). The number of halogens is 1. The van der Waals surface area contributed by atoms with Crippen LogP contribution in [0, 0.1) is 16.0 Å². The van der Waals surface area contributed by atoms with Gasteiger partial charge in [-0.25, -0.2) is 0 Å². The van der Waals surface area contributed by atoms with Gasteiger partial charge < -0.3 is 5.32 Å². The minimum absolute atomic E-state index is 0.135. The lowest BCUT2D eigenvalue weighted by molar-refractivity contribution is -0.385. The van der Waals surface area contributed by atoms with Crippen molar-refractivity contribution in [3.05, 3.63) is 38.9 Å². The molecule has 1 aromatic rings. The molecule has 0 amide bonds. The molecule has 1 aliphatic rings. The molecule has 0 saturated heterocycles. The van der Waals surface area contributed by atoms with E-state index in [0.717, 1.165) is 0 Å². The molecule has 4 nitrogen and oxygen atoms in total. The highest BCUT2D eigenvalue weighted by Crippen LogP contribution is 2.28. The van der Waals surface area contributed by atoms with E-state index < -0.39 is 0 Å². The van der Waals surface area contributed by atoms with Crippen molar-refractivity contribution >= 4 is 17.3 Å². The van der Waals surface area contributed by atoms with Crippen molar-refractivity contribution in [2.45, 2.75) is 45.2 Å². The van der Waals surface area contributed by atoms with E-state index in [2.05, 4.69) is 12.2 Å². The first-order valence-electron chi connectivity index (χ1n) is 6.74. The number of hydrogen-bond donors (Lipinski definition) is 1. The number of nitrogens with one attached hydrogen (secondary N) is 1. The Morgan fingerprint density at radius 3 is 2.79 bits per heavy atom. The Kier molecular flexibility index (Phi) is 4.77. The van der Waals surface area contributed by atoms with Gasteiger partial charge >= 0.3 is 0 Å². The third-order valence-corrected chi connectivity index (χ3v) is 4.19. The number of hydrogen-bond acceptors (Lipinski definition) is 3. The number of nitro groups is 1.